The maximum absolute atomic E-state index is 4.51. The molecule has 0 spiro atoms. The van der Waals surface area contributed by atoms with Crippen LogP contribution >= 0.6 is 11.3 Å². The van der Waals surface area contributed by atoms with Crippen molar-refractivity contribution >= 4 is 17.2 Å². The Morgan fingerprint density at radius 3 is 2.73 bits per heavy atom. The molecule has 0 amide bonds. The minimum absolute atomic E-state index is 0.941. The smallest absolute Gasteiger partial charge is 0.137 e. The summed E-state index contributed by atoms with van der Waals surface area (Å²) >= 11 is 1.68. The zero-order chi connectivity index (χ0) is 10.8. The standard InChI is InChI=1S/C12H14N2S/c1-8-4-5-9(2)10(6-8)12-14-11(13-3)7-15-12/h4-7,13H,1-3H3. The molecule has 78 valence electrons. The van der Waals surface area contributed by atoms with Gasteiger partial charge in [0.1, 0.15) is 10.8 Å². The van der Waals surface area contributed by atoms with Crippen LogP contribution in [0.5, 0.6) is 0 Å². The second kappa shape index (κ2) is 4.03. The van der Waals surface area contributed by atoms with E-state index in [1.54, 1.807) is 11.3 Å². The van der Waals surface area contributed by atoms with E-state index in [1.165, 1.54) is 16.7 Å². The van der Waals surface area contributed by atoms with Crippen molar-refractivity contribution in [1.29, 1.82) is 0 Å². The Labute approximate surface area is 94.0 Å². The van der Waals surface area contributed by atoms with Crippen molar-refractivity contribution in [1.82, 2.24) is 4.98 Å². The molecule has 0 unspecified atom stereocenters. The molecule has 2 rings (SSSR count). The Hall–Kier alpha value is -1.35. The molecule has 1 aromatic heterocycles. The van der Waals surface area contributed by atoms with Gasteiger partial charge in [0.15, 0.2) is 0 Å². The molecule has 0 bridgehead atoms. The lowest BCUT2D eigenvalue weighted by atomic mass is 10.1. The van der Waals surface area contributed by atoms with E-state index >= 15 is 0 Å². The first-order valence-electron chi connectivity index (χ1n) is 4.91. The Balaban J connectivity index is 2.48. The van der Waals surface area contributed by atoms with Crippen molar-refractivity contribution in [2.75, 3.05) is 12.4 Å². The van der Waals surface area contributed by atoms with Crippen molar-refractivity contribution in [3.63, 3.8) is 0 Å². The third-order valence-corrected chi connectivity index (χ3v) is 3.26. The first kappa shape index (κ1) is 10.2. The second-order valence-corrected chi connectivity index (χ2v) is 4.46. The molecule has 0 radical (unpaired) electrons. The van der Waals surface area contributed by atoms with Gasteiger partial charge in [-0.3, -0.25) is 0 Å². The Kier molecular flexibility index (Phi) is 2.73. The van der Waals surface area contributed by atoms with Crippen LogP contribution < -0.4 is 5.32 Å². The number of benzene rings is 1. The van der Waals surface area contributed by atoms with Crippen molar-refractivity contribution in [3.8, 4) is 10.6 Å². The molecule has 2 aromatic rings. The van der Waals surface area contributed by atoms with Crippen LogP contribution in [0.25, 0.3) is 10.6 Å². The van der Waals surface area contributed by atoms with Gasteiger partial charge in [0.25, 0.3) is 0 Å². The second-order valence-electron chi connectivity index (χ2n) is 3.61. The van der Waals surface area contributed by atoms with E-state index in [0.29, 0.717) is 0 Å². The van der Waals surface area contributed by atoms with Crippen molar-refractivity contribution in [2.24, 2.45) is 0 Å². The predicted octanol–water partition coefficient (Wildman–Crippen LogP) is 3.47. The van der Waals surface area contributed by atoms with Crippen molar-refractivity contribution in [3.05, 3.63) is 34.7 Å². The minimum atomic E-state index is 0.941. The third kappa shape index (κ3) is 2.02. The lowest BCUT2D eigenvalue weighted by Crippen LogP contribution is -1.88. The fourth-order valence-corrected chi connectivity index (χ4v) is 2.37. The SMILES string of the molecule is CNc1csc(-c2cc(C)ccc2C)n1. The van der Waals surface area contributed by atoms with Gasteiger partial charge in [-0.2, -0.15) is 0 Å². The largest absolute Gasteiger partial charge is 0.372 e. The number of nitrogens with zero attached hydrogens (tertiary/aromatic N) is 1. The zero-order valence-electron chi connectivity index (χ0n) is 9.16. The van der Waals surface area contributed by atoms with E-state index in [4.69, 9.17) is 0 Å². The van der Waals surface area contributed by atoms with E-state index in [9.17, 15) is 0 Å². The summed E-state index contributed by atoms with van der Waals surface area (Å²) in [6, 6.07) is 6.46. The maximum atomic E-state index is 4.51. The number of hydrogen-bond acceptors (Lipinski definition) is 3. The summed E-state index contributed by atoms with van der Waals surface area (Å²) in [6.45, 7) is 4.23. The molecule has 15 heavy (non-hydrogen) atoms. The molecular weight excluding hydrogens is 204 g/mol. The van der Waals surface area contributed by atoms with Gasteiger partial charge in [0, 0.05) is 18.0 Å². The summed E-state index contributed by atoms with van der Waals surface area (Å²) in [7, 11) is 1.89. The zero-order valence-corrected chi connectivity index (χ0v) is 9.98. The van der Waals surface area contributed by atoms with E-state index in [0.717, 1.165) is 10.8 Å². The number of rotatable bonds is 2. The number of thiazole rings is 1. The van der Waals surface area contributed by atoms with E-state index in [-0.39, 0.29) is 0 Å². The fourth-order valence-electron chi connectivity index (χ4n) is 1.48. The number of aromatic nitrogens is 1. The van der Waals surface area contributed by atoms with Crippen LogP contribution in [-0.4, -0.2) is 12.0 Å². The molecule has 0 atom stereocenters. The average Bonchev–Trinajstić information content (AvgIpc) is 2.70. The molecule has 1 N–H and O–H groups in total. The van der Waals surface area contributed by atoms with Crippen LogP contribution in [0.4, 0.5) is 5.82 Å². The highest BCUT2D eigenvalue weighted by Gasteiger charge is 2.06. The number of anilines is 1. The summed E-state index contributed by atoms with van der Waals surface area (Å²) in [4.78, 5) is 4.51. The summed E-state index contributed by atoms with van der Waals surface area (Å²) in [6.07, 6.45) is 0. The average molecular weight is 218 g/mol. The van der Waals surface area contributed by atoms with Gasteiger partial charge in [-0.25, -0.2) is 4.98 Å². The molecule has 0 saturated heterocycles. The molecule has 0 saturated carbocycles. The summed E-state index contributed by atoms with van der Waals surface area (Å²) < 4.78 is 0. The van der Waals surface area contributed by atoms with Crippen molar-refractivity contribution in [2.45, 2.75) is 13.8 Å². The maximum Gasteiger partial charge on any atom is 0.137 e. The molecule has 0 fully saturated rings. The quantitative estimate of drug-likeness (QED) is 0.835. The van der Waals surface area contributed by atoms with Gasteiger partial charge in [0.05, 0.1) is 0 Å². The highest BCUT2D eigenvalue weighted by Crippen LogP contribution is 2.28. The summed E-state index contributed by atoms with van der Waals surface area (Å²) in [5, 5.41) is 6.17. The highest BCUT2D eigenvalue weighted by molar-refractivity contribution is 7.13. The summed E-state index contributed by atoms with van der Waals surface area (Å²) in [5.41, 5.74) is 3.79. The van der Waals surface area contributed by atoms with Crippen LogP contribution in [0, 0.1) is 13.8 Å². The Bertz CT molecular complexity index is 474. The third-order valence-electron chi connectivity index (χ3n) is 2.38. The van der Waals surface area contributed by atoms with Gasteiger partial charge in [-0.1, -0.05) is 17.7 Å². The molecule has 1 aromatic carbocycles. The predicted molar refractivity (Wildman–Crippen MR) is 66.6 cm³/mol. The van der Waals surface area contributed by atoms with Crippen LogP contribution in [0.15, 0.2) is 23.6 Å². The Morgan fingerprint density at radius 1 is 1.27 bits per heavy atom. The van der Waals surface area contributed by atoms with E-state index in [1.807, 2.05) is 12.4 Å². The van der Waals surface area contributed by atoms with Crippen LogP contribution in [0.3, 0.4) is 0 Å². The number of hydrogen-bond donors (Lipinski definition) is 1. The van der Waals surface area contributed by atoms with Crippen LogP contribution in [0.1, 0.15) is 11.1 Å². The first-order valence-corrected chi connectivity index (χ1v) is 5.79. The lowest BCUT2D eigenvalue weighted by molar-refractivity contribution is 1.32. The van der Waals surface area contributed by atoms with E-state index < -0.39 is 0 Å². The first-order chi connectivity index (χ1) is 7.20. The van der Waals surface area contributed by atoms with Gasteiger partial charge in [-0.15, -0.1) is 11.3 Å². The summed E-state index contributed by atoms with van der Waals surface area (Å²) in [5.74, 6) is 0.941. The molecule has 2 nitrogen and oxygen atoms in total. The molecule has 0 aliphatic carbocycles. The van der Waals surface area contributed by atoms with Gasteiger partial charge < -0.3 is 5.32 Å². The van der Waals surface area contributed by atoms with Gasteiger partial charge >= 0.3 is 0 Å². The van der Waals surface area contributed by atoms with Crippen LogP contribution in [-0.2, 0) is 0 Å². The molecule has 0 aliphatic heterocycles. The van der Waals surface area contributed by atoms with Gasteiger partial charge in [-0.05, 0) is 25.5 Å². The normalized spacial score (nSPS) is 10.3. The number of nitrogens with one attached hydrogen (secondary N) is 1. The monoisotopic (exact) mass is 218 g/mol. The topological polar surface area (TPSA) is 24.9 Å². The molecule has 3 heteroatoms. The lowest BCUT2D eigenvalue weighted by Gasteiger charge is -2.03. The molecular formula is C12H14N2S. The Morgan fingerprint density at radius 2 is 2.07 bits per heavy atom. The van der Waals surface area contributed by atoms with Gasteiger partial charge in [0.2, 0.25) is 0 Å². The van der Waals surface area contributed by atoms with Crippen molar-refractivity contribution < 1.29 is 0 Å². The van der Waals surface area contributed by atoms with Crippen LogP contribution in [0.2, 0.25) is 0 Å². The van der Waals surface area contributed by atoms with E-state index in [2.05, 4.69) is 42.3 Å². The number of aryl methyl sites for hydroxylation is 2. The minimum Gasteiger partial charge on any atom is -0.372 e. The highest BCUT2D eigenvalue weighted by atomic mass is 32.1. The molecule has 1 heterocycles. The fraction of sp³-hybridized carbons (Fsp3) is 0.250. The molecule has 0 aliphatic rings.